The van der Waals surface area contributed by atoms with Crippen LogP contribution in [0.15, 0.2) is 0 Å². The molecule has 0 fully saturated rings. The highest BCUT2D eigenvalue weighted by atomic mass is 28.4. The van der Waals surface area contributed by atoms with Crippen molar-refractivity contribution in [1.29, 1.82) is 0 Å². The van der Waals surface area contributed by atoms with Crippen molar-refractivity contribution in [1.82, 2.24) is 4.90 Å². The zero-order valence-electron chi connectivity index (χ0n) is 14.2. The molecule has 0 rings (SSSR count). The summed E-state index contributed by atoms with van der Waals surface area (Å²) in [5, 5.41) is 0. The van der Waals surface area contributed by atoms with E-state index in [1.807, 2.05) is 0 Å². The Morgan fingerprint density at radius 2 is 1.50 bits per heavy atom. The van der Waals surface area contributed by atoms with Crippen LogP contribution < -0.4 is 0 Å². The minimum Gasteiger partial charge on any atom is -0.377 e. The largest absolute Gasteiger partial charge is 0.501 e. The molecule has 4 nitrogen and oxygen atoms in total. The second kappa shape index (κ2) is 12.8. The Bertz CT molecular complexity index is 213. The van der Waals surface area contributed by atoms with Gasteiger partial charge in [-0.15, -0.1) is 0 Å². The van der Waals surface area contributed by atoms with Crippen LogP contribution in [0, 0.1) is 0 Å². The highest BCUT2D eigenvalue weighted by molar-refractivity contribution is 6.60. The van der Waals surface area contributed by atoms with Gasteiger partial charge in [0.15, 0.2) is 0 Å². The summed E-state index contributed by atoms with van der Waals surface area (Å²) < 4.78 is 17.3. The molecule has 0 spiro atoms. The summed E-state index contributed by atoms with van der Waals surface area (Å²) in [6.07, 6.45) is 7.39. The van der Waals surface area contributed by atoms with E-state index in [1.54, 1.807) is 14.2 Å². The Hall–Kier alpha value is 0.0569. The fourth-order valence-corrected chi connectivity index (χ4v) is 4.26. The van der Waals surface area contributed by atoms with Crippen molar-refractivity contribution in [3.05, 3.63) is 0 Å². The third kappa shape index (κ3) is 8.37. The van der Waals surface area contributed by atoms with Gasteiger partial charge in [0.05, 0.1) is 6.73 Å². The molecular formula is C15H35NO3Si. The van der Waals surface area contributed by atoms with E-state index in [-0.39, 0.29) is 0 Å². The van der Waals surface area contributed by atoms with Crippen molar-refractivity contribution in [2.24, 2.45) is 0 Å². The van der Waals surface area contributed by atoms with Crippen LogP contribution in [-0.2, 0) is 13.3 Å². The van der Waals surface area contributed by atoms with E-state index >= 15 is 0 Å². The Balaban J connectivity index is 4.13. The molecule has 0 N–H and O–H groups in total. The molecule has 0 aliphatic carbocycles. The second-order valence-electron chi connectivity index (χ2n) is 5.24. The van der Waals surface area contributed by atoms with Crippen molar-refractivity contribution in [2.75, 3.05) is 34.0 Å². The van der Waals surface area contributed by atoms with E-state index in [4.69, 9.17) is 13.3 Å². The summed E-state index contributed by atoms with van der Waals surface area (Å²) in [4.78, 5) is 2.33. The van der Waals surface area contributed by atoms with E-state index in [0.29, 0.717) is 6.73 Å². The third-order valence-corrected chi connectivity index (χ3v) is 6.48. The van der Waals surface area contributed by atoms with Crippen LogP contribution in [-0.4, -0.2) is 47.7 Å². The monoisotopic (exact) mass is 305 g/mol. The molecule has 0 aliphatic heterocycles. The van der Waals surface area contributed by atoms with Gasteiger partial charge in [0.1, 0.15) is 0 Å². The lowest BCUT2D eigenvalue weighted by atomic mass is 10.2. The van der Waals surface area contributed by atoms with Gasteiger partial charge in [-0.2, -0.15) is 0 Å². The molecule has 0 aromatic carbocycles. The molecule has 0 unspecified atom stereocenters. The smallest absolute Gasteiger partial charge is 0.377 e. The lowest BCUT2D eigenvalue weighted by molar-refractivity contribution is 0.0380. The SMILES string of the molecule is CCCCCCN(CC)CO[Si](CCCC)(OC)OC. The average molecular weight is 306 g/mol. The normalized spacial score (nSPS) is 12.3. The van der Waals surface area contributed by atoms with Crippen LogP contribution in [0.2, 0.25) is 6.04 Å². The first-order valence-electron chi connectivity index (χ1n) is 8.14. The van der Waals surface area contributed by atoms with Gasteiger partial charge in [-0.05, 0) is 19.4 Å². The van der Waals surface area contributed by atoms with Crippen LogP contribution in [0.3, 0.4) is 0 Å². The standard InChI is InChI=1S/C15H35NO3Si/c1-6-9-11-12-13-16(8-3)15-19-20(17-4,18-5)14-10-7-2/h6-15H2,1-5H3. The van der Waals surface area contributed by atoms with Crippen LogP contribution in [0.25, 0.3) is 0 Å². The third-order valence-electron chi connectivity index (χ3n) is 3.70. The molecular weight excluding hydrogens is 270 g/mol. The molecule has 0 saturated heterocycles. The maximum atomic E-state index is 6.06. The maximum absolute atomic E-state index is 6.06. The van der Waals surface area contributed by atoms with Gasteiger partial charge in [0.2, 0.25) is 0 Å². The highest BCUT2D eigenvalue weighted by Gasteiger charge is 2.38. The molecule has 122 valence electrons. The number of hydrogen-bond acceptors (Lipinski definition) is 4. The summed E-state index contributed by atoms with van der Waals surface area (Å²) in [5.74, 6) is 0. The van der Waals surface area contributed by atoms with Crippen molar-refractivity contribution in [2.45, 2.75) is 65.3 Å². The van der Waals surface area contributed by atoms with Crippen LogP contribution in [0.1, 0.15) is 59.3 Å². The number of unbranched alkanes of at least 4 members (excludes halogenated alkanes) is 4. The quantitative estimate of drug-likeness (QED) is 0.277. The molecule has 0 atom stereocenters. The Morgan fingerprint density at radius 1 is 0.850 bits per heavy atom. The van der Waals surface area contributed by atoms with Crippen molar-refractivity contribution < 1.29 is 13.3 Å². The van der Waals surface area contributed by atoms with E-state index in [9.17, 15) is 0 Å². The Morgan fingerprint density at radius 3 is 2.00 bits per heavy atom. The fourth-order valence-electron chi connectivity index (χ4n) is 2.14. The number of nitrogens with zero attached hydrogens (tertiary/aromatic N) is 1. The first-order valence-corrected chi connectivity index (χ1v) is 10.1. The highest BCUT2D eigenvalue weighted by Crippen LogP contribution is 2.17. The lowest BCUT2D eigenvalue weighted by Gasteiger charge is -2.30. The summed E-state index contributed by atoms with van der Waals surface area (Å²) >= 11 is 0. The van der Waals surface area contributed by atoms with Crippen molar-refractivity contribution in [3.8, 4) is 0 Å². The molecule has 0 saturated carbocycles. The zero-order valence-corrected chi connectivity index (χ0v) is 15.2. The predicted molar refractivity (Wildman–Crippen MR) is 86.8 cm³/mol. The first kappa shape index (κ1) is 20.1. The molecule has 0 bridgehead atoms. The van der Waals surface area contributed by atoms with Crippen molar-refractivity contribution in [3.63, 3.8) is 0 Å². The summed E-state index contributed by atoms with van der Waals surface area (Å²) in [5.41, 5.74) is 0. The van der Waals surface area contributed by atoms with Gasteiger partial charge in [-0.1, -0.05) is 46.5 Å². The van der Waals surface area contributed by atoms with E-state index < -0.39 is 8.80 Å². The van der Waals surface area contributed by atoms with Gasteiger partial charge in [0, 0.05) is 26.8 Å². The van der Waals surface area contributed by atoms with Crippen LogP contribution in [0.5, 0.6) is 0 Å². The Kier molecular flexibility index (Phi) is 12.8. The second-order valence-corrected chi connectivity index (χ2v) is 8.21. The van der Waals surface area contributed by atoms with Gasteiger partial charge in [-0.25, -0.2) is 0 Å². The fraction of sp³-hybridized carbons (Fsp3) is 1.00. The van der Waals surface area contributed by atoms with Gasteiger partial charge < -0.3 is 13.3 Å². The molecule has 20 heavy (non-hydrogen) atoms. The zero-order chi connectivity index (χ0) is 15.3. The molecule has 0 aromatic heterocycles. The predicted octanol–water partition coefficient (Wildman–Crippen LogP) is 3.89. The summed E-state index contributed by atoms with van der Waals surface area (Å²) in [6, 6.07) is 0.907. The lowest BCUT2D eigenvalue weighted by Crippen LogP contribution is -2.46. The molecule has 0 aliphatic rings. The average Bonchev–Trinajstić information content (AvgIpc) is 2.50. The van der Waals surface area contributed by atoms with Gasteiger partial charge >= 0.3 is 8.80 Å². The molecule has 0 amide bonds. The topological polar surface area (TPSA) is 30.9 Å². The number of hydrogen-bond donors (Lipinski definition) is 0. The van der Waals surface area contributed by atoms with Crippen LogP contribution >= 0.6 is 0 Å². The Labute approximate surface area is 127 Å². The molecule has 0 aromatic rings. The number of rotatable bonds is 14. The minimum absolute atomic E-state index is 0.625. The van der Waals surface area contributed by atoms with Crippen molar-refractivity contribution >= 4 is 8.80 Å². The van der Waals surface area contributed by atoms with E-state index in [0.717, 1.165) is 32.0 Å². The van der Waals surface area contributed by atoms with Gasteiger partial charge in [-0.3, -0.25) is 4.90 Å². The first-order chi connectivity index (χ1) is 9.67. The molecule has 0 heterocycles. The van der Waals surface area contributed by atoms with Crippen LogP contribution in [0.4, 0.5) is 0 Å². The van der Waals surface area contributed by atoms with E-state index in [1.165, 1.54) is 25.7 Å². The van der Waals surface area contributed by atoms with Gasteiger partial charge in [0.25, 0.3) is 0 Å². The molecule has 5 heteroatoms. The summed E-state index contributed by atoms with van der Waals surface area (Å²) in [6.45, 7) is 9.33. The molecule has 0 radical (unpaired) electrons. The minimum atomic E-state index is -2.44. The van der Waals surface area contributed by atoms with E-state index in [2.05, 4.69) is 25.7 Å². The maximum Gasteiger partial charge on any atom is 0.501 e. The summed E-state index contributed by atoms with van der Waals surface area (Å²) in [7, 11) is 0.983.